The summed E-state index contributed by atoms with van der Waals surface area (Å²) in [5.74, 6) is -0.259. The molecule has 6 nitrogen and oxygen atoms in total. The Bertz CT molecular complexity index is 944. The van der Waals surface area contributed by atoms with Crippen LogP contribution in [0.15, 0.2) is 36.4 Å². The van der Waals surface area contributed by atoms with Crippen molar-refractivity contribution in [2.45, 2.75) is 27.2 Å². The van der Waals surface area contributed by atoms with Crippen molar-refractivity contribution in [1.82, 2.24) is 15.1 Å². The summed E-state index contributed by atoms with van der Waals surface area (Å²) in [4.78, 5) is 25.5. The molecule has 0 spiro atoms. The van der Waals surface area contributed by atoms with Crippen molar-refractivity contribution < 1.29 is 14.3 Å². The van der Waals surface area contributed by atoms with Gasteiger partial charge in [-0.1, -0.05) is 32.0 Å². The van der Waals surface area contributed by atoms with E-state index in [-0.39, 0.29) is 12.5 Å². The minimum atomic E-state index is -0.491. The molecule has 0 saturated carbocycles. The average molecular weight is 385 g/mol. The Kier molecular flexibility index (Phi) is 5.91. The van der Waals surface area contributed by atoms with Crippen LogP contribution in [0.4, 0.5) is 0 Å². The SMILES string of the molecule is Cc1nn(-c2ccccc2)c2sc(C(=O)OCC(=O)NCCC(C)C)cc12. The molecule has 0 aliphatic carbocycles. The summed E-state index contributed by atoms with van der Waals surface area (Å²) in [5, 5.41) is 8.22. The summed E-state index contributed by atoms with van der Waals surface area (Å²) in [6, 6.07) is 11.5. The fraction of sp³-hybridized carbons (Fsp3) is 0.350. The van der Waals surface area contributed by atoms with Crippen LogP contribution in [-0.4, -0.2) is 34.8 Å². The molecule has 0 aliphatic rings. The van der Waals surface area contributed by atoms with E-state index in [0.29, 0.717) is 17.3 Å². The number of hydrogen-bond acceptors (Lipinski definition) is 5. The quantitative estimate of drug-likeness (QED) is 0.629. The molecule has 0 atom stereocenters. The molecule has 7 heteroatoms. The van der Waals surface area contributed by atoms with Gasteiger partial charge in [0.05, 0.1) is 11.4 Å². The van der Waals surface area contributed by atoms with Crippen LogP contribution in [0.1, 0.15) is 35.6 Å². The van der Waals surface area contributed by atoms with Crippen molar-refractivity contribution in [2.75, 3.05) is 13.2 Å². The minimum absolute atomic E-state index is 0.269. The maximum Gasteiger partial charge on any atom is 0.348 e. The molecule has 1 amide bonds. The van der Waals surface area contributed by atoms with Crippen LogP contribution in [0.2, 0.25) is 0 Å². The number of aromatic nitrogens is 2. The van der Waals surface area contributed by atoms with E-state index in [2.05, 4.69) is 24.3 Å². The number of rotatable bonds is 7. The molecule has 0 fully saturated rings. The van der Waals surface area contributed by atoms with E-state index in [1.165, 1.54) is 11.3 Å². The van der Waals surface area contributed by atoms with Gasteiger partial charge < -0.3 is 10.1 Å². The van der Waals surface area contributed by atoms with Crippen molar-refractivity contribution >= 4 is 33.4 Å². The third-order valence-corrected chi connectivity index (χ3v) is 5.22. The lowest BCUT2D eigenvalue weighted by Crippen LogP contribution is -2.30. The molecule has 1 N–H and O–H groups in total. The van der Waals surface area contributed by atoms with Gasteiger partial charge in [0.2, 0.25) is 0 Å². The summed E-state index contributed by atoms with van der Waals surface area (Å²) in [6.45, 7) is 6.40. The van der Waals surface area contributed by atoms with Crippen molar-refractivity contribution in [3.05, 3.63) is 47.0 Å². The van der Waals surface area contributed by atoms with E-state index in [1.54, 1.807) is 6.07 Å². The predicted octanol–water partition coefficient (Wildman–Crippen LogP) is 3.71. The normalized spacial score (nSPS) is 11.1. The summed E-state index contributed by atoms with van der Waals surface area (Å²) < 4.78 is 6.99. The number of amides is 1. The summed E-state index contributed by atoms with van der Waals surface area (Å²) >= 11 is 1.32. The van der Waals surface area contributed by atoms with E-state index in [0.717, 1.165) is 28.0 Å². The Morgan fingerprint density at radius 3 is 2.70 bits per heavy atom. The first kappa shape index (κ1) is 19.1. The largest absolute Gasteiger partial charge is 0.451 e. The molecule has 2 heterocycles. The predicted molar refractivity (Wildman–Crippen MR) is 106 cm³/mol. The molecule has 142 valence electrons. The highest BCUT2D eigenvalue weighted by Gasteiger charge is 2.18. The average Bonchev–Trinajstić information content (AvgIpc) is 3.21. The molecule has 0 bridgehead atoms. The van der Waals surface area contributed by atoms with Crippen LogP contribution in [0.3, 0.4) is 0 Å². The van der Waals surface area contributed by atoms with Gasteiger partial charge in [-0.15, -0.1) is 11.3 Å². The van der Waals surface area contributed by atoms with Gasteiger partial charge in [-0.05, 0) is 37.5 Å². The highest BCUT2D eigenvalue weighted by atomic mass is 32.1. The topological polar surface area (TPSA) is 73.2 Å². The van der Waals surface area contributed by atoms with Crippen LogP contribution in [0.25, 0.3) is 15.9 Å². The lowest BCUT2D eigenvalue weighted by Gasteiger charge is -2.07. The molecular formula is C20H23N3O3S. The lowest BCUT2D eigenvalue weighted by atomic mass is 10.1. The van der Waals surface area contributed by atoms with E-state index in [9.17, 15) is 9.59 Å². The molecule has 1 aromatic carbocycles. The molecule has 3 rings (SSSR count). The van der Waals surface area contributed by atoms with Crippen LogP contribution in [0.5, 0.6) is 0 Å². The Morgan fingerprint density at radius 1 is 1.26 bits per heavy atom. The van der Waals surface area contributed by atoms with Crippen molar-refractivity contribution in [1.29, 1.82) is 0 Å². The molecule has 0 saturated heterocycles. The number of benzene rings is 1. The van der Waals surface area contributed by atoms with Crippen LogP contribution < -0.4 is 5.32 Å². The Balaban J connectivity index is 1.68. The lowest BCUT2D eigenvalue weighted by molar-refractivity contribution is -0.124. The number of carbonyl (C=O) groups excluding carboxylic acids is 2. The number of para-hydroxylation sites is 1. The van der Waals surface area contributed by atoms with Gasteiger partial charge in [0, 0.05) is 11.9 Å². The molecule has 0 aliphatic heterocycles. The Hall–Kier alpha value is -2.67. The van der Waals surface area contributed by atoms with Gasteiger partial charge in [-0.25, -0.2) is 9.48 Å². The number of aryl methyl sites for hydroxylation is 1. The number of carbonyl (C=O) groups is 2. The number of nitrogens with one attached hydrogen (secondary N) is 1. The zero-order valence-corrected chi connectivity index (χ0v) is 16.5. The second kappa shape index (κ2) is 8.35. The van der Waals surface area contributed by atoms with Crippen molar-refractivity contribution in [3.63, 3.8) is 0 Å². The maximum atomic E-state index is 12.3. The van der Waals surface area contributed by atoms with E-state index < -0.39 is 5.97 Å². The number of esters is 1. The van der Waals surface area contributed by atoms with E-state index in [1.807, 2.05) is 41.9 Å². The summed E-state index contributed by atoms with van der Waals surface area (Å²) in [6.07, 6.45) is 0.894. The smallest absolute Gasteiger partial charge is 0.348 e. The molecule has 0 unspecified atom stereocenters. The molecular weight excluding hydrogens is 362 g/mol. The second-order valence-electron chi connectivity index (χ2n) is 6.77. The zero-order valence-electron chi connectivity index (χ0n) is 15.7. The van der Waals surface area contributed by atoms with Gasteiger partial charge in [-0.2, -0.15) is 5.10 Å². The first-order valence-corrected chi connectivity index (χ1v) is 9.75. The van der Waals surface area contributed by atoms with E-state index in [4.69, 9.17) is 4.74 Å². The third kappa shape index (κ3) is 4.54. The molecule has 0 radical (unpaired) electrons. The Morgan fingerprint density at radius 2 is 2.00 bits per heavy atom. The van der Waals surface area contributed by atoms with Crippen molar-refractivity contribution in [2.24, 2.45) is 5.92 Å². The van der Waals surface area contributed by atoms with Crippen LogP contribution >= 0.6 is 11.3 Å². The van der Waals surface area contributed by atoms with Gasteiger partial charge in [-0.3, -0.25) is 4.79 Å². The number of hydrogen-bond donors (Lipinski definition) is 1. The maximum absolute atomic E-state index is 12.3. The zero-order chi connectivity index (χ0) is 19.4. The standard InChI is InChI=1S/C20H23N3O3S/c1-13(2)9-10-21-18(24)12-26-20(25)17-11-16-14(3)22-23(19(16)27-17)15-7-5-4-6-8-15/h4-8,11,13H,9-10,12H2,1-3H3,(H,21,24). The Labute approximate surface area is 162 Å². The van der Waals surface area contributed by atoms with Crippen molar-refractivity contribution in [3.8, 4) is 5.69 Å². The third-order valence-electron chi connectivity index (χ3n) is 4.12. The van der Waals surface area contributed by atoms with Gasteiger partial charge in [0.25, 0.3) is 5.91 Å². The highest BCUT2D eigenvalue weighted by Crippen LogP contribution is 2.30. The summed E-state index contributed by atoms with van der Waals surface area (Å²) in [7, 11) is 0. The van der Waals surface area contributed by atoms with Crippen LogP contribution in [-0.2, 0) is 9.53 Å². The monoisotopic (exact) mass is 385 g/mol. The van der Waals surface area contributed by atoms with E-state index >= 15 is 0 Å². The van der Waals surface area contributed by atoms with Gasteiger partial charge >= 0.3 is 5.97 Å². The number of fused-ring (bicyclic) bond motifs is 1. The first-order valence-electron chi connectivity index (χ1n) is 8.94. The highest BCUT2D eigenvalue weighted by molar-refractivity contribution is 7.20. The van der Waals surface area contributed by atoms with Gasteiger partial charge in [0.15, 0.2) is 6.61 Å². The number of ether oxygens (including phenoxy) is 1. The fourth-order valence-electron chi connectivity index (χ4n) is 2.65. The number of thiophene rings is 1. The minimum Gasteiger partial charge on any atom is -0.451 e. The first-order chi connectivity index (χ1) is 13.0. The van der Waals surface area contributed by atoms with Crippen LogP contribution in [0, 0.1) is 12.8 Å². The number of nitrogens with zero attached hydrogens (tertiary/aromatic N) is 2. The fourth-order valence-corrected chi connectivity index (χ4v) is 3.72. The summed E-state index contributed by atoms with van der Waals surface area (Å²) in [5.41, 5.74) is 1.78. The second-order valence-corrected chi connectivity index (χ2v) is 7.80. The van der Waals surface area contributed by atoms with Gasteiger partial charge in [0.1, 0.15) is 9.71 Å². The molecule has 27 heavy (non-hydrogen) atoms. The molecule has 2 aromatic heterocycles. The molecule has 3 aromatic rings.